The van der Waals surface area contributed by atoms with Crippen molar-refractivity contribution in [3.8, 4) is 0 Å². The van der Waals surface area contributed by atoms with Crippen LogP contribution in [0.4, 0.5) is 0 Å². The molecule has 4 aliphatic carbocycles. The molecule has 27 heavy (non-hydrogen) atoms. The van der Waals surface area contributed by atoms with E-state index in [1.54, 1.807) is 0 Å². The van der Waals surface area contributed by atoms with Gasteiger partial charge >= 0.3 is 0 Å². The maximum absolute atomic E-state index is 12.8. The van der Waals surface area contributed by atoms with E-state index in [0.717, 1.165) is 32.1 Å². The van der Waals surface area contributed by atoms with Crippen LogP contribution in [0.15, 0.2) is 48.1 Å². The van der Waals surface area contributed by atoms with Crippen LogP contribution in [-0.2, 0) is 9.59 Å². The number of carbonyl (C=O) groups excluding carboxylic acids is 2. The summed E-state index contributed by atoms with van der Waals surface area (Å²) in [5.74, 6) is 2.13. The molecule has 0 aliphatic heterocycles. The summed E-state index contributed by atoms with van der Waals surface area (Å²) in [6.45, 7) is 4.60. The number of Topliss-reactive ketones (excluding diaryl/α,β-unsaturated/α-hetero) is 1. The van der Waals surface area contributed by atoms with E-state index in [9.17, 15) is 9.59 Å². The number of hydrogen-bond acceptors (Lipinski definition) is 2. The minimum absolute atomic E-state index is 0.0732. The van der Waals surface area contributed by atoms with E-state index in [4.69, 9.17) is 0 Å². The summed E-state index contributed by atoms with van der Waals surface area (Å²) in [5, 5.41) is 0. The highest BCUT2D eigenvalue weighted by atomic mass is 16.1. The summed E-state index contributed by atoms with van der Waals surface area (Å²) in [6, 6.07) is 10.6. The SMILES string of the molecule is C[C@]12CCC(=O)C=C1C=C(c1ccccc1)[C@@H]1[C@@H]2CC[C@]2(C)C(=O)CC[C@@H]12. The molecule has 1 aromatic carbocycles. The summed E-state index contributed by atoms with van der Waals surface area (Å²) >= 11 is 0. The van der Waals surface area contributed by atoms with Gasteiger partial charge in [0.15, 0.2) is 5.78 Å². The average molecular weight is 360 g/mol. The van der Waals surface area contributed by atoms with E-state index in [-0.39, 0.29) is 16.6 Å². The van der Waals surface area contributed by atoms with E-state index in [0.29, 0.717) is 30.0 Å². The van der Waals surface area contributed by atoms with Gasteiger partial charge in [-0.15, -0.1) is 0 Å². The van der Waals surface area contributed by atoms with Gasteiger partial charge in [-0.25, -0.2) is 0 Å². The minimum Gasteiger partial charge on any atom is -0.299 e. The molecular formula is C25H28O2. The summed E-state index contributed by atoms with van der Waals surface area (Å²) in [5.41, 5.74) is 3.77. The highest BCUT2D eigenvalue weighted by molar-refractivity contribution is 5.93. The molecule has 140 valence electrons. The molecule has 2 fully saturated rings. The number of ketones is 2. The standard InChI is InChI=1S/C25H28O2/c1-24-12-10-18(26)14-17(24)15-19(16-6-4-3-5-7-16)23-20-8-9-22(27)25(20,2)13-11-21(23)24/h3-7,14-15,20-21,23H,8-13H2,1-2H3/t20-,21-,23-,24-,25-/m0/s1. The van der Waals surface area contributed by atoms with Crippen LogP contribution in [-0.4, -0.2) is 11.6 Å². The van der Waals surface area contributed by atoms with Crippen molar-refractivity contribution < 1.29 is 9.59 Å². The first-order chi connectivity index (χ1) is 12.9. The Morgan fingerprint density at radius 2 is 1.59 bits per heavy atom. The van der Waals surface area contributed by atoms with E-state index in [1.807, 2.05) is 6.08 Å². The lowest BCUT2D eigenvalue weighted by Crippen LogP contribution is -2.50. The second-order valence-electron chi connectivity index (χ2n) is 9.61. The Hall–Kier alpha value is -1.96. The third-order valence-electron chi connectivity index (χ3n) is 8.44. The van der Waals surface area contributed by atoms with Gasteiger partial charge in [0.25, 0.3) is 0 Å². The summed E-state index contributed by atoms with van der Waals surface area (Å²) in [6.07, 6.45) is 9.72. The van der Waals surface area contributed by atoms with E-state index in [2.05, 4.69) is 50.3 Å². The number of benzene rings is 1. The molecule has 0 radical (unpaired) electrons. The van der Waals surface area contributed by atoms with Gasteiger partial charge in [0.2, 0.25) is 0 Å². The predicted molar refractivity (Wildman–Crippen MR) is 107 cm³/mol. The van der Waals surface area contributed by atoms with Crippen LogP contribution in [0.25, 0.3) is 5.57 Å². The predicted octanol–water partition coefficient (Wildman–Crippen LogP) is 5.39. The van der Waals surface area contributed by atoms with Crippen LogP contribution < -0.4 is 0 Å². The van der Waals surface area contributed by atoms with Crippen LogP contribution in [0.1, 0.15) is 57.9 Å². The molecule has 4 aliphatic rings. The zero-order chi connectivity index (χ0) is 18.8. The third kappa shape index (κ3) is 2.31. The van der Waals surface area contributed by atoms with Gasteiger partial charge in [-0.05, 0) is 71.6 Å². The highest BCUT2D eigenvalue weighted by Gasteiger charge is 2.59. The molecule has 2 nitrogen and oxygen atoms in total. The first-order valence-corrected chi connectivity index (χ1v) is 10.5. The molecule has 0 bridgehead atoms. The van der Waals surface area contributed by atoms with Crippen molar-refractivity contribution in [2.24, 2.45) is 28.6 Å². The molecule has 1 aromatic rings. The largest absolute Gasteiger partial charge is 0.299 e. The van der Waals surface area contributed by atoms with Gasteiger partial charge in [0, 0.05) is 18.3 Å². The number of allylic oxidation sites excluding steroid dienone is 4. The maximum Gasteiger partial charge on any atom is 0.156 e. The lowest BCUT2D eigenvalue weighted by Gasteiger charge is -2.56. The minimum atomic E-state index is -0.156. The molecule has 0 heterocycles. The maximum atomic E-state index is 12.8. The van der Waals surface area contributed by atoms with Crippen LogP contribution >= 0.6 is 0 Å². The smallest absolute Gasteiger partial charge is 0.156 e. The van der Waals surface area contributed by atoms with Crippen molar-refractivity contribution in [1.82, 2.24) is 0 Å². The van der Waals surface area contributed by atoms with Crippen molar-refractivity contribution in [2.45, 2.75) is 52.4 Å². The van der Waals surface area contributed by atoms with Gasteiger partial charge in [-0.1, -0.05) is 50.3 Å². The highest BCUT2D eigenvalue weighted by Crippen LogP contribution is 2.65. The topological polar surface area (TPSA) is 34.1 Å². The first kappa shape index (κ1) is 17.2. The fourth-order valence-electron chi connectivity index (χ4n) is 6.78. The fraction of sp³-hybridized carbons (Fsp3) is 0.520. The molecular weight excluding hydrogens is 332 g/mol. The van der Waals surface area contributed by atoms with Crippen LogP contribution in [0.3, 0.4) is 0 Å². The molecule has 0 amide bonds. The van der Waals surface area contributed by atoms with Gasteiger partial charge in [-0.2, -0.15) is 0 Å². The molecule has 2 saturated carbocycles. The Morgan fingerprint density at radius 1 is 0.852 bits per heavy atom. The van der Waals surface area contributed by atoms with Crippen molar-refractivity contribution in [3.63, 3.8) is 0 Å². The quantitative estimate of drug-likeness (QED) is 0.673. The average Bonchev–Trinajstić information content (AvgIpc) is 2.98. The molecule has 0 spiro atoms. The summed E-state index contributed by atoms with van der Waals surface area (Å²) in [7, 11) is 0. The Bertz CT molecular complexity index is 877. The fourth-order valence-corrected chi connectivity index (χ4v) is 6.78. The monoisotopic (exact) mass is 360 g/mol. The first-order valence-electron chi connectivity index (χ1n) is 10.5. The Morgan fingerprint density at radius 3 is 2.37 bits per heavy atom. The van der Waals surface area contributed by atoms with Crippen molar-refractivity contribution in [1.29, 1.82) is 0 Å². The Balaban J connectivity index is 1.71. The zero-order valence-corrected chi connectivity index (χ0v) is 16.3. The lowest BCUT2D eigenvalue weighted by atomic mass is 9.47. The van der Waals surface area contributed by atoms with Gasteiger partial charge in [-0.3, -0.25) is 9.59 Å². The number of fused-ring (bicyclic) bond motifs is 5. The van der Waals surface area contributed by atoms with Crippen molar-refractivity contribution in [3.05, 3.63) is 53.6 Å². The second kappa shape index (κ2) is 5.77. The molecule has 5 rings (SSSR count). The number of rotatable bonds is 1. The summed E-state index contributed by atoms with van der Waals surface area (Å²) < 4.78 is 0. The normalized spacial score (nSPS) is 40.6. The van der Waals surface area contributed by atoms with Gasteiger partial charge < -0.3 is 0 Å². The second-order valence-corrected chi connectivity index (χ2v) is 9.61. The van der Waals surface area contributed by atoms with Crippen molar-refractivity contribution in [2.75, 3.05) is 0 Å². The molecule has 0 N–H and O–H groups in total. The number of hydrogen-bond donors (Lipinski definition) is 0. The van der Waals surface area contributed by atoms with Crippen molar-refractivity contribution >= 4 is 17.1 Å². The molecule has 2 heteroatoms. The van der Waals surface area contributed by atoms with E-state index < -0.39 is 0 Å². The van der Waals surface area contributed by atoms with E-state index in [1.165, 1.54) is 16.7 Å². The van der Waals surface area contributed by atoms with Crippen LogP contribution in [0.2, 0.25) is 0 Å². The number of carbonyl (C=O) groups is 2. The van der Waals surface area contributed by atoms with E-state index >= 15 is 0 Å². The zero-order valence-electron chi connectivity index (χ0n) is 16.3. The Kier molecular flexibility index (Phi) is 3.67. The molecule has 0 aromatic heterocycles. The molecule has 0 unspecified atom stereocenters. The van der Waals surface area contributed by atoms with Gasteiger partial charge in [0.1, 0.15) is 5.78 Å². The Labute approximate surface area is 161 Å². The summed E-state index contributed by atoms with van der Waals surface area (Å²) in [4.78, 5) is 25.0. The molecule has 0 saturated heterocycles. The third-order valence-corrected chi connectivity index (χ3v) is 8.44. The molecule has 5 atom stereocenters. The van der Waals surface area contributed by atoms with Gasteiger partial charge in [0.05, 0.1) is 0 Å². The van der Waals surface area contributed by atoms with Crippen LogP contribution in [0, 0.1) is 28.6 Å². The lowest BCUT2D eigenvalue weighted by molar-refractivity contribution is -0.130. The van der Waals surface area contributed by atoms with Crippen LogP contribution in [0.5, 0.6) is 0 Å².